The van der Waals surface area contributed by atoms with Crippen LogP contribution in [-0.2, 0) is 15.8 Å². The number of hydrogen-bond acceptors (Lipinski definition) is 4. The normalized spacial score (nSPS) is 11.3. The highest BCUT2D eigenvalue weighted by atomic mass is 35.5. The number of rotatable bonds is 4. The molecule has 0 atom stereocenters. The van der Waals surface area contributed by atoms with Gasteiger partial charge >= 0.3 is 5.91 Å². The molecule has 0 bridgehead atoms. The summed E-state index contributed by atoms with van der Waals surface area (Å²) < 4.78 is 30.8. The summed E-state index contributed by atoms with van der Waals surface area (Å²) in [5.74, 6) is -1.19. The molecule has 0 aliphatic heterocycles. The molecule has 106 valence electrons. The van der Waals surface area contributed by atoms with Crippen molar-refractivity contribution in [3.63, 3.8) is 0 Å². The third-order valence-corrected chi connectivity index (χ3v) is 4.18. The second kappa shape index (κ2) is 5.68. The van der Waals surface area contributed by atoms with Crippen LogP contribution in [0.3, 0.4) is 0 Å². The molecule has 1 aromatic carbocycles. The summed E-state index contributed by atoms with van der Waals surface area (Å²) in [4.78, 5) is 11.8. The molecule has 2 aromatic rings. The fourth-order valence-corrected chi connectivity index (χ4v) is 3.04. The Hall–Kier alpha value is -1.79. The number of benzene rings is 1. The minimum atomic E-state index is -3.84. The Labute approximate surface area is 121 Å². The van der Waals surface area contributed by atoms with Gasteiger partial charge in [-0.15, -0.1) is 0 Å². The largest absolute Gasteiger partial charge is 0.459 e. The van der Waals surface area contributed by atoms with E-state index >= 15 is 0 Å². The van der Waals surface area contributed by atoms with Crippen molar-refractivity contribution in [2.75, 3.05) is 0 Å². The van der Waals surface area contributed by atoms with E-state index in [1.165, 1.54) is 6.26 Å². The molecule has 5 nitrogen and oxygen atoms in total. The first-order valence-electron chi connectivity index (χ1n) is 5.71. The SMILES string of the molecule is Cc1ccoc1C(=O)NS(=O)(=O)Cc1ccccc1Cl. The van der Waals surface area contributed by atoms with Gasteiger partial charge < -0.3 is 4.42 Å². The van der Waals surface area contributed by atoms with Gasteiger partial charge in [-0.1, -0.05) is 29.8 Å². The van der Waals surface area contributed by atoms with Gasteiger partial charge in [0.05, 0.1) is 12.0 Å². The number of nitrogens with one attached hydrogen (secondary N) is 1. The van der Waals surface area contributed by atoms with Crippen LogP contribution in [0.15, 0.2) is 41.0 Å². The first-order valence-corrected chi connectivity index (χ1v) is 7.74. The van der Waals surface area contributed by atoms with Crippen LogP contribution in [-0.4, -0.2) is 14.3 Å². The molecule has 0 fully saturated rings. The monoisotopic (exact) mass is 313 g/mol. The number of aryl methyl sites for hydroxylation is 1. The van der Waals surface area contributed by atoms with Crippen LogP contribution in [0.2, 0.25) is 5.02 Å². The predicted molar refractivity (Wildman–Crippen MR) is 75.0 cm³/mol. The third kappa shape index (κ3) is 3.40. The van der Waals surface area contributed by atoms with Crippen molar-refractivity contribution in [2.45, 2.75) is 12.7 Å². The van der Waals surface area contributed by atoms with Gasteiger partial charge in [0, 0.05) is 10.6 Å². The lowest BCUT2D eigenvalue weighted by atomic mass is 10.2. The molecule has 0 unspecified atom stereocenters. The zero-order chi connectivity index (χ0) is 14.8. The summed E-state index contributed by atoms with van der Waals surface area (Å²) in [5, 5.41) is 0.333. The van der Waals surface area contributed by atoms with Crippen molar-refractivity contribution in [2.24, 2.45) is 0 Å². The van der Waals surface area contributed by atoms with Gasteiger partial charge in [-0.2, -0.15) is 0 Å². The maximum absolute atomic E-state index is 11.9. The van der Waals surface area contributed by atoms with Gasteiger partial charge in [-0.25, -0.2) is 13.1 Å². The van der Waals surface area contributed by atoms with Crippen molar-refractivity contribution < 1.29 is 17.6 Å². The Morgan fingerprint density at radius 2 is 2.00 bits per heavy atom. The Morgan fingerprint density at radius 3 is 2.60 bits per heavy atom. The number of hydrogen-bond donors (Lipinski definition) is 1. The first-order chi connectivity index (χ1) is 9.39. The van der Waals surface area contributed by atoms with Crippen LogP contribution in [0.25, 0.3) is 0 Å². The smallest absolute Gasteiger partial charge is 0.300 e. The van der Waals surface area contributed by atoms with Crippen LogP contribution in [0, 0.1) is 6.92 Å². The van der Waals surface area contributed by atoms with Crippen molar-refractivity contribution in [1.82, 2.24) is 4.72 Å². The van der Waals surface area contributed by atoms with Crippen LogP contribution >= 0.6 is 11.6 Å². The number of carbonyl (C=O) groups excluding carboxylic acids is 1. The Kier molecular flexibility index (Phi) is 4.15. The second-order valence-electron chi connectivity index (χ2n) is 4.21. The molecule has 1 heterocycles. The van der Waals surface area contributed by atoms with E-state index < -0.39 is 15.9 Å². The Morgan fingerprint density at radius 1 is 1.30 bits per heavy atom. The predicted octanol–water partition coefficient (Wildman–Crippen LogP) is 2.50. The number of carbonyl (C=O) groups is 1. The topological polar surface area (TPSA) is 76.4 Å². The quantitative estimate of drug-likeness (QED) is 0.941. The van der Waals surface area contributed by atoms with Gasteiger partial charge in [0.2, 0.25) is 10.0 Å². The zero-order valence-electron chi connectivity index (χ0n) is 10.6. The molecule has 20 heavy (non-hydrogen) atoms. The molecular formula is C13H12ClNO4S. The van der Waals surface area contributed by atoms with Crippen LogP contribution in [0.1, 0.15) is 21.7 Å². The summed E-state index contributed by atoms with van der Waals surface area (Å²) in [7, 11) is -3.84. The summed E-state index contributed by atoms with van der Waals surface area (Å²) >= 11 is 5.90. The molecule has 0 radical (unpaired) electrons. The molecule has 1 aromatic heterocycles. The lowest BCUT2D eigenvalue weighted by Gasteiger charge is -2.07. The van der Waals surface area contributed by atoms with E-state index in [2.05, 4.69) is 0 Å². The molecule has 7 heteroatoms. The van der Waals surface area contributed by atoms with Crippen molar-refractivity contribution >= 4 is 27.5 Å². The summed E-state index contributed by atoms with van der Waals surface area (Å²) in [6, 6.07) is 8.13. The number of sulfonamides is 1. The second-order valence-corrected chi connectivity index (χ2v) is 6.34. The van der Waals surface area contributed by atoms with Gasteiger partial charge in [0.15, 0.2) is 5.76 Å². The standard InChI is InChI=1S/C13H12ClNO4S/c1-9-6-7-19-12(9)13(16)15-20(17,18)8-10-4-2-3-5-11(10)14/h2-7H,8H2,1H3,(H,15,16). The minimum absolute atomic E-state index is 0.0206. The minimum Gasteiger partial charge on any atom is -0.459 e. The fourth-order valence-electron chi connectivity index (χ4n) is 1.65. The van der Waals surface area contributed by atoms with E-state index in [0.29, 0.717) is 16.1 Å². The fraction of sp³-hybridized carbons (Fsp3) is 0.154. The summed E-state index contributed by atoms with van der Waals surface area (Å²) in [6.45, 7) is 1.65. The Balaban J connectivity index is 2.15. The van der Waals surface area contributed by atoms with Gasteiger partial charge in [-0.05, 0) is 24.6 Å². The molecule has 0 saturated carbocycles. The molecule has 0 saturated heterocycles. The molecule has 0 aliphatic carbocycles. The van der Waals surface area contributed by atoms with E-state index in [-0.39, 0.29) is 11.5 Å². The van der Waals surface area contributed by atoms with Crippen molar-refractivity contribution in [3.8, 4) is 0 Å². The van der Waals surface area contributed by atoms with E-state index in [1.54, 1.807) is 37.3 Å². The molecule has 1 N–H and O–H groups in total. The highest BCUT2D eigenvalue weighted by Crippen LogP contribution is 2.17. The van der Waals surface area contributed by atoms with Crippen LogP contribution in [0.5, 0.6) is 0 Å². The molecule has 1 amide bonds. The van der Waals surface area contributed by atoms with Crippen LogP contribution < -0.4 is 4.72 Å². The maximum Gasteiger partial charge on any atom is 0.300 e. The summed E-state index contributed by atoms with van der Waals surface area (Å²) in [5.41, 5.74) is 0.987. The highest BCUT2D eigenvalue weighted by Gasteiger charge is 2.21. The molecule has 2 rings (SSSR count). The van der Waals surface area contributed by atoms with Crippen molar-refractivity contribution in [3.05, 3.63) is 58.5 Å². The van der Waals surface area contributed by atoms with Gasteiger partial charge in [-0.3, -0.25) is 4.79 Å². The lowest BCUT2D eigenvalue weighted by Crippen LogP contribution is -2.31. The number of furan rings is 1. The molecule has 0 aliphatic rings. The zero-order valence-corrected chi connectivity index (χ0v) is 12.2. The number of amides is 1. The summed E-state index contributed by atoms with van der Waals surface area (Å²) in [6.07, 6.45) is 1.32. The van der Waals surface area contributed by atoms with Gasteiger partial charge in [0.1, 0.15) is 0 Å². The number of halogens is 1. The molecular weight excluding hydrogens is 302 g/mol. The van der Waals surface area contributed by atoms with E-state index in [0.717, 1.165) is 0 Å². The van der Waals surface area contributed by atoms with E-state index in [9.17, 15) is 13.2 Å². The maximum atomic E-state index is 11.9. The molecule has 0 spiro atoms. The average Bonchev–Trinajstić information content (AvgIpc) is 2.78. The Bertz CT molecular complexity index is 736. The lowest BCUT2D eigenvalue weighted by molar-refractivity contribution is 0.0953. The van der Waals surface area contributed by atoms with Crippen LogP contribution in [0.4, 0.5) is 0 Å². The van der Waals surface area contributed by atoms with E-state index in [1.807, 2.05) is 4.72 Å². The first kappa shape index (κ1) is 14.6. The van der Waals surface area contributed by atoms with Crippen molar-refractivity contribution in [1.29, 1.82) is 0 Å². The van der Waals surface area contributed by atoms with Gasteiger partial charge in [0.25, 0.3) is 0 Å². The third-order valence-electron chi connectivity index (χ3n) is 2.62. The highest BCUT2D eigenvalue weighted by molar-refractivity contribution is 7.89. The average molecular weight is 314 g/mol. The van der Waals surface area contributed by atoms with E-state index in [4.69, 9.17) is 16.0 Å².